The highest BCUT2D eigenvalue weighted by Crippen LogP contribution is 2.25. The molecule has 0 aromatic heterocycles. The third kappa shape index (κ3) is 4.55. The Kier molecular flexibility index (Phi) is 6.00. The van der Waals surface area contributed by atoms with Crippen molar-refractivity contribution in [3.05, 3.63) is 34.4 Å². The van der Waals surface area contributed by atoms with Crippen molar-refractivity contribution in [2.24, 2.45) is 0 Å². The van der Waals surface area contributed by atoms with E-state index in [0.717, 1.165) is 0 Å². The maximum atomic E-state index is 13.2. The van der Waals surface area contributed by atoms with Gasteiger partial charge in [-0.1, -0.05) is 11.6 Å². The van der Waals surface area contributed by atoms with E-state index in [1.807, 2.05) is 0 Å². The van der Waals surface area contributed by atoms with Crippen molar-refractivity contribution in [2.45, 2.75) is 12.2 Å². The van der Waals surface area contributed by atoms with Gasteiger partial charge in [-0.05, 0) is 12.1 Å². The van der Waals surface area contributed by atoms with Crippen LogP contribution in [0.15, 0.2) is 12.1 Å². The Morgan fingerprint density at radius 3 is 2.42 bits per heavy atom. The molecule has 1 fully saturated rings. The van der Waals surface area contributed by atoms with Crippen molar-refractivity contribution in [2.75, 3.05) is 32.7 Å². The zero-order valence-corrected chi connectivity index (χ0v) is 13.1. The molecule has 1 atom stereocenters. The number of halogens is 6. The summed E-state index contributed by atoms with van der Waals surface area (Å²) in [6.45, 7) is 0.487. The number of carbonyl (C=O) groups excluding carboxylic acids is 1. The van der Waals surface area contributed by atoms with Crippen LogP contribution in [0.25, 0.3) is 0 Å². The van der Waals surface area contributed by atoms with Crippen LogP contribution in [0.3, 0.4) is 0 Å². The molecule has 1 amide bonds. The first kappa shape index (κ1) is 18.9. The average molecular weight is 372 g/mol. The monoisotopic (exact) mass is 371 g/mol. The number of piperazine rings is 1. The molecule has 0 bridgehead atoms. The van der Waals surface area contributed by atoms with Gasteiger partial charge >= 0.3 is 6.18 Å². The molecule has 1 aromatic carbocycles. The lowest BCUT2D eigenvalue weighted by Crippen LogP contribution is -2.57. The molecule has 1 aromatic rings. The number of hydrogen-bond donors (Lipinski definition) is 2. The fourth-order valence-electron chi connectivity index (χ4n) is 2.43. The van der Waals surface area contributed by atoms with E-state index in [4.69, 9.17) is 11.6 Å². The fourth-order valence-corrected chi connectivity index (χ4v) is 2.66. The number of hydrogen-bond acceptors (Lipinski definition) is 3. The molecule has 10 heteroatoms. The number of amides is 1. The summed E-state index contributed by atoms with van der Waals surface area (Å²) in [4.78, 5) is 13.2. The summed E-state index contributed by atoms with van der Waals surface area (Å²) in [5.41, 5.74) is -0.420. The second kappa shape index (κ2) is 7.62. The molecule has 134 valence electrons. The minimum absolute atomic E-state index is 0.186. The van der Waals surface area contributed by atoms with Crippen LogP contribution in [-0.2, 0) is 0 Å². The zero-order chi connectivity index (χ0) is 17.9. The topological polar surface area (TPSA) is 44.4 Å². The first-order chi connectivity index (χ1) is 11.2. The highest BCUT2D eigenvalue weighted by Gasteiger charge is 2.43. The van der Waals surface area contributed by atoms with Crippen molar-refractivity contribution in [3.8, 4) is 0 Å². The molecule has 0 aliphatic carbocycles. The molecule has 1 saturated heterocycles. The number of rotatable bonds is 4. The van der Waals surface area contributed by atoms with Gasteiger partial charge in [-0.2, -0.15) is 13.2 Å². The van der Waals surface area contributed by atoms with Crippen molar-refractivity contribution < 1.29 is 26.7 Å². The Bertz CT molecular complexity index is 605. The van der Waals surface area contributed by atoms with E-state index in [2.05, 4.69) is 10.6 Å². The van der Waals surface area contributed by atoms with Crippen LogP contribution < -0.4 is 10.6 Å². The van der Waals surface area contributed by atoms with Crippen molar-refractivity contribution in [1.29, 1.82) is 0 Å². The van der Waals surface area contributed by atoms with Crippen LogP contribution >= 0.6 is 11.6 Å². The number of nitrogens with one attached hydrogen (secondary N) is 2. The quantitative estimate of drug-likeness (QED) is 0.630. The van der Waals surface area contributed by atoms with Crippen molar-refractivity contribution in [1.82, 2.24) is 15.5 Å². The summed E-state index contributed by atoms with van der Waals surface area (Å²) in [7, 11) is 0. The van der Waals surface area contributed by atoms with Crippen LogP contribution in [0.4, 0.5) is 22.0 Å². The lowest BCUT2D eigenvalue weighted by atomic mass is 10.1. The van der Waals surface area contributed by atoms with E-state index in [9.17, 15) is 26.7 Å². The second-order valence-corrected chi connectivity index (χ2v) is 5.71. The Balaban J connectivity index is 2.08. The number of benzene rings is 1. The van der Waals surface area contributed by atoms with Gasteiger partial charge in [0.05, 0.1) is 10.6 Å². The minimum atomic E-state index is -4.54. The van der Waals surface area contributed by atoms with Gasteiger partial charge in [0, 0.05) is 32.7 Å². The molecule has 24 heavy (non-hydrogen) atoms. The molecule has 1 aliphatic heterocycles. The smallest absolute Gasteiger partial charge is 0.350 e. The normalized spacial score (nSPS) is 17.6. The van der Waals surface area contributed by atoms with E-state index in [-0.39, 0.29) is 18.1 Å². The Labute approximate surface area is 139 Å². The highest BCUT2D eigenvalue weighted by molar-refractivity contribution is 6.33. The van der Waals surface area contributed by atoms with Gasteiger partial charge in [0.1, 0.15) is 6.04 Å². The predicted molar refractivity (Wildman–Crippen MR) is 78.0 cm³/mol. The lowest BCUT2D eigenvalue weighted by Gasteiger charge is -2.35. The SMILES string of the molecule is O=C(NCC(N1CCNCC1)C(F)(F)F)c1cc(F)c(F)cc1Cl. The van der Waals surface area contributed by atoms with Gasteiger partial charge in [0.25, 0.3) is 5.91 Å². The van der Waals surface area contributed by atoms with Crippen LogP contribution in [0.1, 0.15) is 10.4 Å². The summed E-state index contributed by atoms with van der Waals surface area (Å²) in [6.07, 6.45) is -4.54. The Morgan fingerprint density at radius 2 is 1.83 bits per heavy atom. The molecule has 2 rings (SSSR count). The van der Waals surface area contributed by atoms with E-state index >= 15 is 0 Å². The molecule has 0 radical (unpaired) electrons. The first-order valence-corrected chi connectivity index (χ1v) is 7.52. The third-order valence-corrected chi connectivity index (χ3v) is 3.99. The summed E-state index contributed by atoms with van der Waals surface area (Å²) >= 11 is 5.64. The van der Waals surface area contributed by atoms with Crippen molar-refractivity contribution in [3.63, 3.8) is 0 Å². The molecule has 0 spiro atoms. The van der Waals surface area contributed by atoms with E-state index in [1.165, 1.54) is 4.90 Å². The third-order valence-electron chi connectivity index (χ3n) is 3.68. The molecule has 2 N–H and O–H groups in total. The fraction of sp³-hybridized carbons (Fsp3) is 0.500. The molecule has 4 nitrogen and oxygen atoms in total. The van der Waals surface area contributed by atoms with Gasteiger partial charge in [-0.15, -0.1) is 0 Å². The van der Waals surface area contributed by atoms with E-state index < -0.39 is 41.9 Å². The van der Waals surface area contributed by atoms with Crippen LogP contribution in [0.5, 0.6) is 0 Å². The molecular formula is C14H15ClF5N3O. The van der Waals surface area contributed by atoms with Crippen LogP contribution in [-0.4, -0.2) is 55.7 Å². The summed E-state index contributed by atoms with van der Waals surface area (Å²) in [6, 6.07) is -0.711. The molecule has 1 aliphatic rings. The van der Waals surface area contributed by atoms with Gasteiger partial charge in [-0.25, -0.2) is 8.78 Å². The maximum Gasteiger partial charge on any atom is 0.405 e. The predicted octanol–water partition coefficient (Wildman–Crippen LogP) is 2.18. The lowest BCUT2D eigenvalue weighted by molar-refractivity contribution is -0.183. The summed E-state index contributed by atoms with van der Waals surface area (Å²) < 4.78 is 65.8. The Morgan fingerprint density at radius 1 is 1.25 bits per heavy atom. The molecule has 1 heterocycles. The molecule has 1 unspecified atom stereocenters. The van der Waals surface area contributed by atoms with Gasteiger partial charge in [0.15, 0.2) is 11.6 Å². The molecule has 0 saturated carbocycles. The number of carbonyl (C=O) groups is 1. The van der Waals surface area contributed by atoms with Crippen LogP contribution in [0, 0.1) is 11.6 Å². The summed E-state index contributed by atoms with van der Waals surface area (Å²) in [5, 5.41) is 4.66. The number of alkyl halides is 3. The number of nitrogens with zero attached hydrogens (tertiary/aromatic N) is 1. The summed E-state index contributed by atoms with van der Waals surface area (Å²) in [5.74, 6) is -3.55. The van der Waals surface area contributed by atoms with Gasteiger partial charge in [-0.3, -0.25) is 9.69 Å². The zero-order valence-electron chi connectivity index (χ0n) is 12.4. The molecular weight excluding hydrogens is 357 g/mol. The first-order valence-electron chi connectivity index (χ1n) is 7.14. The minimum Gasteiger partial charge on any atom is -0.350 e. The van der Waals surface area contributed by atoms with Gasteiger partial charge in [0.2, 0.25) is 0 Å². The van der Waals surface area contributed by atoms with Gasteiger partial charge < -0.3 is 10.6 Å². The standard InChI is InChI=1S/C14H15ClF5N3O/c15-9-6-11(17)10(16)5-8(9)13(24)22-7-12(14(18,19)20)23-3-1-21-2-4-23/h5-6,12,21H,1-4,7H2,(H,22,24). The largest absolute Gasteiger partial charge is 0.405 e. The van der Waals surface area contributed by atoms with Crippen molar-refractivity contribution >= 4 is 17.5 Å². The van der Waals surface area contributed by atoms with E-state index in [1.54, 1.807) is 0 Å². The average Bonchev–Trinajstić information content (AvgIpc) is 2.50. The second-order valence-electron chi connectivity index (χ2n) is 5.30. The van der Waals surface area contributed by atoms with Crippen LogP contribution in [0.2, 0.25) is 5.02 Å². The van der Waals surface area contributed by atoms with E-state index in [0.29, 0.717) is 25.2 Å². The Hall–Kier alpha value is -1.45. The maximum absolute atomic E-state index is 13.2. The highest BCUT2D eigenvalue weighted by atomic mass is 35.5.